The third-order valence-corrected chi connectivity index (χ3v) is 4.47. The first-order valence-electron chi connectivity index (χ1n) is 7.76. The maximum absolute atomic E-state index is 12.0. The molecule has 1 aliphatic rings. The highest BCUT2D eigenvalue weighted by Gasteiger charge is 2.30. The molecular formula is C20H16O4. The van der Waals surface area contributed by atoms with E-state index in [2.05, 4.69) is 0 Å². The first-order chi connectivity index (χ1) is 11.7. The fraction of sp³-hybridized carbons (Fsp3) is 0.150. The lowest BCUT2D eigenvalue weighted by molar-refractivity contribution is -0.135. The Morgan fingerprint density at radius 1 is 1.08 bits per heavy atom. The molecule has 0 amide bonds. The Kier molecular flexibility index (Phi) is 3.38. The van der Waals surface area contributed by atoms with Crippen LogP contribution in [-0.4, -0.2) is 18.2 Å². The topological polar surface area (TPSA) is 55.8 Å². The third-order valence-electron chi connectivity index (χ3n) is 4.47. The maximum atomic E-state index is 12.0. The summed E-state index contributed by atoms with van der Waals surface area (Å²) in [4.78, 5) is 12.0. The monoisotopic (exact) mass is 320 g/mol. The van der Waals surface area contributed by atoms with Crippen LogP contribution in [0.15, 0.2) is 54.6 Å². The van der Waals surface area contributed by atoms with E-state index in [1.807, 2.05) is 42.5 Å². The molecule has 4 nitrogen and oxygen atoms in total. The predicted octanol–water partition coefficient (Wildman–Crippen LogP) is 4.00. The van der Waals surface area contributed by atoms with Crippen molar-refractivity contribution in [2.24, 2.45) is 0 Å². The van der Waals surface area contributed by atoms with Gasteiger partial charge in [0.05, 0.1) is 13.5 Å². The van der Waals surface area contributed by atoms with Gasteiger partial charge in [0.1, 0.15) is 17.2 Å². The van der Waals surface area contributed by atoms with E-state index in [0.29, 0.717) is 5.75 Å². The number of rotatable bonds is 2. The van der Waals surface area contributed by atoms with Gasteiger partial charge in [-0.05, 0) is 46.7 Å². The molecule has 0 spiro atoms. The van der Waals surface area contributed by atoms with E-state index < -0.39 is 0 Å². The summed E-state index contributed by atoms with van der Waals surface area (Å²) in [5.41, 5.74) is 1.96. The summed E-state index contributed by atoms with van der Waals surface area (Å²) < 4.78 is 10.6. The number of phenolic OH excluding ortho intramolecular Hbond substituents is 1. The summed E-state index contributed by atoms with van der Waals surface area (Å²) in [6.07, 6.45) is 0.272. The number of hydrogen-bond donors (Lipinski definition) is 1. The van der Waals surface area contributed by atoms with Crippen LogP contribution in [0.25, 0.3) is 10.8 Å². The maximum Gasteiger partial charge on any atom is 0.312 e. The molecule has 1 heterocycles. The number of esters is 1. The van der Waals surface area contributed by atoms with Crippen molar-refractivity contribution in [1.29, 1.82) is 0 Å². The van der Waals surface area contributed by atoms with Crippen LogP contribution in [0, 0.1) is 0 Å². The summed E-state index contributed by atoms with van der Waals surface area (Å²) >= 11 is 0. The number of carbonyl (C=O) groups excluding carboxylic acids is 1. The molecule has 4 rings (SSSR count). The van der Waals surface area contributed by atoms with Gasteiger partial charge in [-0.2, -0.15) is 0 Å². The normalized spacial score (nSPS) is 16.5. The Balaban J connectivity index is 1.93. The van der Waals surface area contributed by atoms with Crippen LogP contribution in [0.3, 0.4) is 0 Å². The number of phenols is 1. The van der Waals surface area contributed by atoms with Crippen LogP contribution in [-0.2, 0) is 4.79 Å². The molecule has 24 heavy (non-hydrogen) atoms. The highest BCUT2D eigenvalue weighted by atomic mass is 16.5. The standard InChI is InChI=1S/C20H16O4/c1-23-15-7-3-13(4-8-15)17-11-19(22)24-18-9-5-12-2-6-14(21)10-16(12)20(17)18/h2-10,17,21H,11H2,1H3. The summed E-state index contributed by atoms with van der Waals surface area (Å²) in [6.45, 7) is 0. The first-order valence-corrected chi connectivity index (χ1v) is 7.76. The molecule has 0 radical (unpaired) electrons. The van der Waals surface area contributed by atoms with Gasteiger partial charge in [-0.1, -0.05) is 24.3 Å². The second-order valence-corrected chi connectivity index (χ2v) is 5.89. The van der Waals surface area contributed by atoms with E-state index >= 15 is 0 Å². The van der Waals surface area contributed by atoms with Crippen LogP contribution < -0.4 is 9.47 Å². The average molecular weight is 320 g/mol. The molecule has 1 atom stereocenters. The molecule has 1 aliphatic heterocycles. The number of hydrogen-bond acceptors (Lipinski definition) is 4. The number of ether oxygens (including phenoxy) is 2. The molecule has 0 saturated heterocycles. The van der Waals surface area contributed by atoms with Gasteiger partial charge in [-0.15, -0.1) is 0 Å². The second kappa shape index (κ2) is 5.57. The zero-order valence-electron chi connectivity index (χ0n) is 13.2. The van der Waals surface area contributed by atoms with Crippen molar-refractivity contribution in [1.82, 2.24) is 0 Å². The SMILES string of the molecule is COc1ccc(C2CC(=O)Oc3ccc4ccc(O)cc4c32)cc1. The lowest BCUT2D eigenvalue weighted by atomic mass is 9.83. The van der Waals surface area contributed by atoms with E-state index in [9.17, 15) is 9.90 Å². The van der Waals surface area contributed by atoms with E-state index in [0.717, 1.165) is 27.6 Å². The van der Waals surface area contributed by atoms with Crippen molar-refractivity contribution in [3.05, 3.63) is 65.7 Å². The Morgan fingerprint density at radius 2 is 1.83 bits per heavy atom. The summed E-state index contributed by atoms with van der Waals surface area (Å²) in [5.74, 6) is 1.17. The minimum absolute atomic E-state index is 0.113. The molecule has 3 aromatic carbocycles. The minimum atomic E-state index is -0.247. The van der Waals surface area contributed by atoms with Crippen LogP contribution in [0.5, 0.6) is 17.2 Å². The van der Waals surface area contributed by atoms with Crippen molar-refractivity contribution < 1.29 is 19.4 Å². The van der Waals surface area contributed by atoms with Crippen LogP contribution in [0.2, 0.25) is 0 Å². The molecule has 4 heteroatoms. The van der Waals surface area contributed by atoms with Crippen LogP contribution in [0.4, 0.5) is 0 Å². The highest BCUT2D eigenvalue weighted by molar-refractivity contribution is 5.93. The van der Waals surface area contributed by atoms with Gasteiger partial charge in [0, 0.05) is 11.5 Å². The number of methoxy groups -OCH3 is 1. The largest absolute Gasteiger partial charge is 0.508 e. The predicted molar refractivity (Wildman–Crippen MR) is 90.7 cm³/mol. The molecule has 3 aromatic rings. The van der Waals surface area contributed by atoms with Crippen molar-refractivity contribution in [2.75, 3.05) is 7.11 Å². The summed E-state index contributed by atoms with van der Waals surface area (Å²) in [5, 5.41) is 11.8. The van der Waals surface area contributed by atoms with Crippen molar-refractivity contribution in [3.63, 3.8) is 0 Å². The van der Waals surface area contributed by atoms with Crippen LogP contribution in [0.1, 0.15) is 23.5 Å². The molecule has 1 unspecified atom stereocenters. The Bertz CT molecular complexity index is 928. The van der Waals surface area contributed by atoms with Gasteiger partial charge in [0.15, 0.2) is 0 Å². The molecule has 0 aliphatic carbocycles. The molecule has 0 saturated carbocycles. The summed E-state index contributed by atoms with van der Waals surface area (Å²) in [7, 11) is 1.62. The summed E-state index contributed by atoms with van der Waals surface area (Å²) in [6, 6.07) is 16.7. The zero-order valence-corrected chi connectivity index (χ0v) is 13.2. The lowest BCUT2D eigenvalue weighted by Gasteiger charge is -2.26. The smallest absolute Gasteiger partial charge is 0.312 e. The minimum Gasteiger partial charge on any atom is -0.508 e. The highest BCUT2D eigenvalue weighted by Crippen LogP contribution is 2.43. The molecular weight excluding hydrogens is 304 g/mol. The van der Waals surface area contributed by atoms with Gasteiger partial charge < -0.3 is 14.6 Å². The number of benzene rings is 3. The average Bonchev–Trinajstić information content (AvgIpc) is 2.60. The van der Waals surface area contributed by atoms with Gasteiger partial charge in [0.2, 0.25) is 0 Å². The molecule has 0 aromatic heterocycles. The Labute approximate surface area is 139 Å². The number of aromatic hydroxyl groups is 1. The van der Waals surface area contributed by atoms with Gasteiger partial charge in [-0.3, -0.25) is 4.79 Å². The van der Waals surface area contributed by atoms with Crippen molar-refractivity contribution in [3.8, 4) is 17.2 Å². The van der Waals surface area contributed by atoms with Crippen molar-refractivity contribution >= 4 is 16.7 Å². The number of fused-ring (bicyclic) bond motifs is 3. The Morgan fingerprint density at radius 3 is 2.58 bits per heavy atom. The van der Waals surface area contributed by atoms with Gasteiger partial charge in [-0.25, -0.2) is 0 Å². The molecule has 0 bridgehead atoms. The van der Waals surface area contributed by atoms with Crippen LogP contribution >= 0.6 is 0 Å². The quantitative estimate of drug-likeness (QED) is 0.573. The molecule has 0 fully saturated rings. The second-order valence-electron chi connectivity index (χ2n) is 5.89. The first kappa shape index (κ1) is 14.6. The van der Waals surface area contributed by atoms with Crippen molar-refractivity contribution in [2.45, 2.75) is 12.3 Å². The lowest BCUT2D eigenvalue weighted by Crippen LogP contribution is -2.21. The van der Waals surface area contributed by atoms with E-state index in [1.165, 1.54) is 0 Å². The Hall–Kier alpha value is -3.01. The molecule has 1 N–H and O–H groups in total. The molecule has 120 valence electrons. The third kappa shape index (κ3) is 2.36. The zero-order chi connectivity index (χ0) is 16.7. The van der Waals surface area contributed by atoms with E-state index in [4.69, 9.17) is 9.47 Å². The fourth-order valence-electron chi connectivity index (χ4n) is 3.31. The van der Waals surface area contributed by atoms with Gasteiger partial charge in [0.25, 0.3) is 0 Å². The van der Waals surface area contributed by atoms with E-state index in [-0.39, 0.29) is 24.1 Å². The van der Waals surface area contributed by atoms with E-state index in [1.54, 1.807) is 19.2 Å². The fourth-order valence-corrected chi connectivity index (χ4v) is 3.31. The van der Waals surface area contributed by atoms with Gasteiger partial charge >= 0.3 is 5.97 Å². The number of carbonyl (C=O) groups is 1.